The van der Waals surface area contributed by atoms with Crippen LogP contribution < -0.4 is 0 Å². The summed E-state index contributed by atoms with van der Waals surface area (Å²) in [6.07, 6.45) is 5.70. The Labute approximate surface area is 164 Å². The average molecular weight is 380 g/mol. The van der Waals surface area contributed by atoms with Crippen molar-refractivity contribution in [2.24, 2.45) is 0 Å². The molecule has 0 unspecified atom stereocenters. The van der Waals surface area contributed by atoms with Crippen molar-refractivity contribution in [1.82, 2.24) is 0 Å². The van der Waals surface area contributed by atoms with Gasteiger partial charge in [-0.3, -0.25) is 0 Å². The van der Waals surface area contributed by atoms with Crippen LogP contribution >= 0.6 is 0 Å². The first-order chi connectivity index (χ1) is 13.6. The Hall–Kier alpha value is -2.55. The Kier molecular flexibility index (Phi) is 5.25. The molecule has 1 aliphatic carbocycles. The minimum absolute atomic E-state index is 0.361. The first kappa shape index (κ1) is 18.8. The van der Waals surface area contributed by atoms with Crippen LogP contribution in [0.4, 0.5) is 13.2 Å². The topological polar surface area (TPSA) is 0 Å². The molecule has 0 nitrogen and oxygen atoms in total. The van der Waals surface area contributed by atoms with Crippen LogP contribution in [0, 0.1) is 17.5 Å². The zero-order valence-corrected chi connectivity index (χ0v) is 15.9. The first-order valence-electron chi connectivity index (χ1n) is 9.95. The number of hydrogen-bond acceptors (Lipinski definition) is 0. The summed E-state index contributed by atoms with van der Waals surface area (Å²) >= 11 is 0. The lowest BCUT2D eigenvalue weighted by atomic mass is 9.92. The van der Waals surface area contributed by atoms with Crippen LogP contribution in [0.5, 0.6) is 0 Å². The Morgan fingerprint density at radius 1 is 0.786 bits per heavy atom. The second kappa shape index (κ2) is 7.83. The van der Waals surface area contributed by atoms with Gasteiger partial charge in [-0.25, -0.2) is 13.2 Å². The summed E-state index contributed by atoms with van der Waals surface area (Å²) in [6.45, 7) is 2.19. The van der Waals surface area contributed by atoms with E-state index in [-0.39, 0.29) is 0 Å². The molecule has 0 radical (unpaired) electrons. The molecule has 0 atom stereocenters. The molecule has 0 N–H and O–H groups in total. The lowest BCUT2D eigenvalue weighted by Gasteiger charge is -2.13. The van der Waals surface area contributed by atoms with Crippen molar-refractivity contribution in [3.63, 3.8) is 0 Å². The molecule has 0 spiro atoms. The quantitative estimate of drug-likeness (QED) is 0.385. The van der Waals surface area contributed by atoms with E-state index in [1.165, 1.54) is 24.0 Å². The highest BCUT2D eigenvalue weighted by Crippen LogP contribution is 2.46. The zero-order valence-electron chi connectivity index (χ0n) is 15.9. The average Bonchev–Trinajstić information content (AvgIpc) is 3.55. The van der Waals surface area contributed by atoms with Crippen LogP contribution in [0.1, 0.15) is 49.7 Å². The maximum atomic E-state index is 13.7. The highest BCUT2D eigenvalue weighted by atomic mass is 19.2. The molecule has 0 saturated heterocycles. The summed E-state index contributed by atoms with van der Waals surface area (Å²) in [5, 5.41) is 0. The van der Waals surface area contributed by atoms with Crippen molar-refractivity contribution in [3.8, 4) is 22.3 Å². The highest BCUT2D eigenvalue weighted by molar-refractivity contribution is 5.75. The standard InChI is InChI=1S/C25H23F3/c1-2-3-4-16-5-7-17(8-6-16)21-12-11-19(13-22(21)18-9-10-18)20-14-23(26)25(28)24(27)15-20/h5-8,11-15,18H,2-4,9-10H2,1H3. The highest BCUT2D eigenvalue weighted by Gasteiger charge is 2.27. The van der Waals surface area contributed by atoms with Crippen LogP contribution in [0.25, 0.3) is 22.3 Å². The fourth-order valence-corrected chi connectivity index (χ4v) is 3.69. The number of hydrogen-bond donors (Lipinski definition) is 0. The molecule has 3 aromatic carbocycles. The van der Waals surface area contributed by atoms with E-state index in [1.54, 1.807) is 0 Å². The third kappa shape index (κ3) is 3.84. The van der Waals surface area contributed by atoms with E-state index in [1.807, 2.05) is 18.2 Å². The molecule has 1 aliphatic rings. The van der Waals surface area contributed by atoms with Gasteiger partial charge in [-0.05, 0) is 77.1 Å². The Morgan fingerprint density at radius 2 is 1.43 bits per heavy atom. The molecule has 0 aromatic heterocycles. The second-order valence-corrected chi connectivity index (χ2v) is 7.63. The van der Waals surface area contributed by atoms with E-state index in [9.17, 15) is 13.2 Å². The summed E-state index contributed by atoms with van der Waals surface area (Å²) < 4.78 is 40.6. The number of halogens is 3. The summed E-state index contributed by atoms with van der Waals surface area (Å²) in [5.41, 5.74) is 5.93. The Bertz CT molecular complexity index is 962. The van der Waals surface area contributed by atoms with Crippen molar-refractivity contribution in [1.29, 1.82) is 0 Å². The Balaban J connectivity index is 1.70. The number of benzene rings is 3. The molecule has 3 aromatic rings. The van der Waals surface area contributed by atoms with Crippen LogP contribution in [0.15, 0.2) is 54.6 Å². The van der Waals surface area contributed by atoms with Gasteiger partial charge in [-0.1, -0.05) is 55.8 Å². The minimum Gasteiger partial charge on any atom is -0.204 e. The van der Waals surface area contributed by atoms with Crippen LogP contribution in [0.2, 0.25) is 0 Å². The third-order valence-corrected chi connectivity index (χ3v) is 5.47. The van der Waals surface area contributed by atoms with E-state index >= 15 is 0 Å². The molecular formula is C25H23F3. The molecule has 0 bridgehead atoms. The van der Waals surface area contributed by atoms with Gasteiger partial charge in [-0.2, -0.15) is 0 Å². The first-order valence-corrected chi connectivity index (χ1v) is 9.95. The predicted molar refractivity (Wildman–Crippen MR) is 108 cm³/mol. The van der Waals surface area contributed by atoms with Gasteiger partial charge < -0.3 is 0 Å². The van der Waals surface area contributed by atoms with Crippen LogP contribution in [-0.4, -0.2) is 0 Å². The SMILES string of the molecule is CCCCc1ccc(-c2ccc(-c3cc(F)c(F)c(F)c3)cc2C2CC2)cc1. The van der Waals surface area contributed by atoms with Crippen molar-refractivity contribution >= 4 is 0 Å². The van der Waals surface area contributed by atoms with Crippen molar-refractivity contribution in [2.75, 3.05) is 0 Å². The molecular weight excluding hydrogens is 357 g/mol. The van der Waals surface area contributed by atoms with E-state index in [2.05, 4.69) is 31.2 Å². The third-order valence-electron chi connectivity index (χ3n) is 5.47. The lowest BCUT2D eigenvalue weighted by molar-refractivity contribution is 0.448. The molecule has 0 aliphatic heterocycles. The normalized spacial score (nSPS) is 13.7. The fraction of sp³-hybridized carbons (Fsp3) is 0.280. The van der Waals surface area contributed by atoms with Gasteiger partial charge >= 0.3 is 0 Å². The molecule has 28 heavy (non-hydrogen) atoms. The van der Waals surface area contributed by atoms with Gasteiger partial charge in [0.2, 0.25) is 0 Å². The summed E-state index contributed by atoms with van der Waals surface area (Å²) in [6, 6.07) is 16.7. The number of rotatable bonds is 6. The van der Waals surface area contributed by atoms with Crippen molar-refractivity contribution in [3.05, 3.63) is 83.2 Å². The predicted octanol–water partition coefficient (Wildman–Crippen LogP) is 7.66. The summed E-state index contributed by atoms with van der Waals surface area (Å²) in [7, 11) is 0. The molecule has 144 valence electrons. The number of unbranched alkanes of at least 4 members (excludes halogenated alkanes) is 1. The monoisotopic (exact) mass is 380 g/mol. The molecule has 0 amide bonds. The van der Waals surface area contributed by atoms with Gasteiger partial charge in [0, 0.05) is 0 Å². The maximum absolute atomic E-state index is 13.7. The molecule has 4 rings (SSSR count). The smallest absolute Gasteiger partial charge is 0.194 e. The van der Waals surface area contributed by atoms with Gasteiger partial charge in [0.1, 0.15) is 0 Å². The minimum atomic E-state index is -1.43. The zero-order chi connectivity index (χ0) is 19.7. The maximum Gasteiger partial charge on any atom is 0.194 e. The lowest BCUT2D eigenvalue weighted by Crippen LogP contribution is -1.94. The summed E-state index contributed by atoms with van der Waals surface area (Å²) in [4.78, 5) is 0. The fourth-order valence-electron chi connectivity index (χ4n) is 3.69. The number of aryl methyl sites for hydroxylation is 1. The Morgan fingerprint density at radius 3 is 2.04 bits per heavy atom. The second-order valence-electron chi connectivity index (χ2n) is 7.63. The largest absolute Gasteiger partial charge is 0.204 e. The summed E-state index contributed by atoms with van der Waals surface area (Å²) in [5.74, 6) is -3.26. The van der Waals surface area contributed by atoms with Gasteiger partial charge in [-0.15, -0.1) is 0 Å². The van der Waals surface area contributed by atoms with Crippen molar-refractivity contribution < 1.29 is 13.2 Å². The van der Waals surface area contributed by atoms with E-state index in [0.29, 0.717) is 17.0 Å². The van der Waals surface area contributed by atoms with E-state index in [0.717, 1.165) is 42.5 Å². The van der Waals surface area contributed by atoms with Gasteiger partial charge in [0.05, 0.1) is 0 Å². The van der Waals surface area contributed by atoms with Crippen LogP contribution in [-0.2, 0) is 6.42 Å². The molecule has 3 heteroatoms. The van der Waals surface area contributed by atoms with Gasteiger partial charge in [0.15, 0.2) is 17.5 Å². The molecule has 0 heterocycles. The van der Waals surface area contributed by atoms with E-state index in [4.69, 9.17) is 0 Å². The van der Waals surface area contributed by atoms with Crippen molar-refractivity contribution in [2.45, 2.75) is 44.9 Å². The van der Waals surface area contributed by atoms with Gasteiger partial charge in [0.25, 0.3) is 0 Å². The molecule has 1 saturated carbocycles. The molecule has 1 fully saturated rings. The van der Waals surface area contributed by atoms with Crippen LogP contribution in [0.3, 0.4) is 0 Å². The van der Waals surface area contributed by atoms with E-state index < -0.39 is 17.5 Å².